The second-order valence-corrected chi connectivity index (χ2v) is 6.58. The summed E-state index contributed by atoms with van der Waals surface area (Å²) in [5.41, 5.74) is 6.74. The topological polar surface area (TPSA) is 58.4 Å². The number of para-hydroxylation sites is 1. The van der Waals surface area contributed by atoms with E-state index >= 15 is 0 Å². The Balaban J connectivity index is 1.95. The predicted octanol–water partition coefficient (Wildman–Crippen LogP) is 2.29. The third-order valence-electron chi connectivity index (χ3n) is 3.97. The molecule has 1 aromatic carbocycles. The first-order valence-electron chi connectivity index (χ1n) is 7.10. The summed E-state index contributed by atoms with van der Waals surface area (Å²) in [6.07, 6.45) is 2.35. The SMILES string of the molecule is CC1CCCN(CC(=O)Nc2ccccc2I)C1CN. The Bertz CT molecular complexity index is 466. The number of anilines is 1. The molecule has 1 heterocycles. The lowest BCUT2D eigenvalue weighted by Gasteiger charge is -2.38. The minimum atomic E-state index is 0.0432. The number of benzene rings is 1. The Morgan fingerprint density at radius 3 is 2.95 bits per heavy atom. The van der Waals surface area contributed by atoms with Crippen molar-refractivity contribution in [3.05, 3.63) is 27.8 Å². The Hall–Kier alpha value is -0.660. The zero-order valence-electron chi connectivity index (χ0n) is 11.8. The molecule has 1 saturated heterocycles. The Kier molecular flexibility index (Phi) is 5.80. The molecule has 1 amide bonds. The number of nitrogens with zero attached hydrogens (tertiary/aromatic N) is 1. The molecule has 1 aromatic rings. The van der Waals surface area contributed by atoms with Crippen molar-refractivity contribution in [1.29, 1.82) is 0 Å². The summed E-state index contributed by atoms with van der Waals surface area (Å²) in [5, 5.41) is 2.99. The van der Waals surface area contributed by atoms with Gasteiger partial charge >= 0.3 is 0 Å². The van der Waals surface area contributed by atoms with Crippen molar-refractivity contribution >= 4 is 34.2 Å². The van der Waals surface area contributed by atoms with Crippen molar-refractivity contribution in [2.24, 2.45) is 11.7 Å². The van der Waals surface area contributed by atoms with Crippen LogP contribution < -0.4 is 11.1 Å². The lowest BCUT2D eigenvalue weighted by atomic mass is 9.91. The zero-order valence-corrected chi connectivity index (χ0v) is 14.0. The second kappa shape index (κ2) is 7.38. The number of hydrogen-bond acceptors (Lipinski definition) is 3. The Labute approximate surface area is 134 Å². The van der Waals surface area contributed by atoms with Gasteiger partial charge in [0.15, 0.2) is 0 Å². The number of carbonyl (C=O) groups is 1. The molecule has 5 heteroatoms. The summed E-state index contributed by atoms with van der Waals surface area (Å²) in [6, 6.07) is 8.14. The molecule has 0 spiro atoms. The van der Waals surface area contributed by atoms with Crippen LogP contribution in [0.15, 0.2) is 24.3 Å². The van der Waals surface area contributed by atoms with Gasteiger partial charge in [-0.1, -0.05) is 19.1 Å². The van der Waals surface area contributed by atoms with Crippen molar-refractivity contribution in [2.75, 3.05) is 25.0 Å². The highest BCUT2D eigenvalue weighted by atomic mass is 127. The van der Waals surface area contributed by atoms with Crippen molar-refractivity contribution in [1.82, 2.24) is 4.90 Å². The molecule has 1 aliphatic rings. The molecule has 3 N–H and O–H groups in total. The molecule has 0 bridgehead atoms. The molecular weight excluding hydrogens is 365 g/mol. The van der Waals surface area contributed by atoms with Crippen LogP contribution in [-0.2, 0) is 4.79 Å². The molecule has 1 fully saturated rings. The largest absolute Gasteiger partial charge is 0.329 e. The molecule has 110 valence electrons. The summed E-state index contributed by atoms with van der Waals surface area (Å²) in [6.45, 7) is 4.24. The second-order valence-electron chi connectivity index (χ2n) is 5.42. The standard InChI is InChI=1S/C15H22IN3O/c1-11-5-4-8-19(14(11)9-17)10-15(20)18-13-7-3-2-6-12(13)16/h2-3,6-7,11,14H,4-5,8-10,17H2,1H3,(H,18,20). The smallest absolute Gasteiger partial charge is 0.238 e. The Morgan fingerprint density at radius 1 is 1.50 bits per heavy atom. The van der Waals surface area contributed by atoms with Crippen molar-refractivity contribution in [2.45, 2.75) is 25.8 Å². The van der Waals surface area contributed by atoms with Gasteiger partial charge < -0.3 is 11.1 Å². The van der Waals surface area contributed by atoms with Crippen LogP contribution in [0.25, 0.3) is 0 Å². The minimum absolute atomic E-state index is 0.0432. The third-order valence-corrected chi connectivity index (χ3v) is 4.91. The maximum atomic E-state index is 12.2. The maximum Gasteiger partial charge on any atom is 0.238 e. The van der Waals surface area contributed by atoms with Crippen LogP contribution in [0.3, 0.4) is 0 Å². The molecule has 1 aliphatic heterocycles. The first kappa shape index (κ1) is 15.7. The quantitative estimate of drug-likeness (QED) is 0.780. The van der Waals surface area contributed by atoms with Gasteiger partial charge in [-0.05, 0) is 60.0 Å². The summed E-state index contributed by atoms with van der Waals surface area (Å²) < 4.78 is 1.06. The Morgan fingerprint density at radius 2 is 2.25 bits per heavy atom. The molecule has 2 rings (SSSR count). The van der Waals surface area contributed by atoms with Crippen LogP contribution in [0.1, 0.15) is 19.8 Å². The zero-order chi connectivity index (χ0) is 14.5. The van der Waals surface area contributed by atoms with Crippen LogP contribution in [0.4, 0.5) is 5.69 Å². The third kappa shape index (κ3) is 3.93. The number of amides is 1. The van der Waals surface area contributed by atoms with E-state index < -0.39 is 0 Å². The number of hydrogen-bond donors (Lipinski definition) is 2. The fourth-order valence-corrected chi connectivity index (χ4v) is 3.37. The fourth-order valence-electron chi connectivity index (χ4n) is 2.85. The van der Waals surface area contributed by atoms with Gasteiger partial charge in [0.2, 0.25) is 5.91 Å². The van der Waals surface area contributed by atoms with Gasteiger partial charge in [0.25, 0.3) is 0 Å². The highest BCUT2D eigenvalue weighted by Gasteiger charge is 2.28. The van der Waals surface area contributed by atoms with Crippen LogP contribution in [0, 0.1) is 9.49 Å². The van der Waals surface area contributed by atoms with E-state index in [1.54, 1.807) is 0 Å². The number of nitrogens with one attached hydrogen (secondary N) is 1. The average Bonchev–Trinajstić information content (AvgIpc) is 2.42. The molecule has 0 radical (unpaired) electrons. The maximum absolute atomic E-state index is 12.2. The van der Waals surface area contributed by atoms with E-state index in [4.69, 9.17) is 5.73 Å². The normalized spacial score (nSPS) is 23.6. The number of likely N-dealkylation sites (tertiary alicyclic amines) is 1. The number of carbonyl (C=O) groups excluding carboxylic acids is 1. The first-order chi connectivity index (χ1) is 9.61. The van der Waals surface area contributed by atoms with Gasteiger partial charge in [0.05, 0.1) is 12.2 Å². The van der Waals surface area contributed by atoms with Crippen LogP contribution in [0.2, 0.25) is 0 Å². The molecule has 2 atom stereocenters. The van der Waals surface area contributed by atoms with Crippen molar-refractivity contribution < 1.29 is 4.79 Å². The van der Waals surface area contributed by atoms with Crippen LogP contribution in [0.5, 0.6) is 0 Å². The van der Waals surface area contributed by atoms with E-state index in [1.165, 1.54) is 6.42 Å². The van der Waals surface area contributed by atoms with E-state index in [1.807, 2.05) is 24.3 Å². The number of piperidine rings is 1. The van der Waals surface area contributed by atoms with Gasteiger partial charge in [0.1, 0.15) is 0 Å². The molecule has 20 heavy (non-hydrogen) atoms. The highest BCUT2D eigenvalue weighted by Crippen LogP contribution is 2.22. The van der Waals surface area contributed by atoms with Gasteiger partial charge in [-0.15, -0.1) is 0 Å². The van der Waals surface area contributed by atoms with E-state index in [0.29, 0.717) is 25.0 Å². The molecule has 0 aromatic heterocycles. The predicted molar refractivity (Wildman–Crippen MR) is 90.6 cm³/mol. The number of rotatable bonds is 4. The van der Waals surface area contributed by atoms with Crippen LogP contribution >= 0.6 is 22.6 Å². The molecular formula is C15H22IN3O. The minimum Gasteiger partial charge on any atom is -0.329 e. The summed E-state index contributed by atoms with van der Waals surface area (Å²) >= 11 is 2.23. The number of halogens is 1. The van der Waals surface area contributed by atoms with Gasteiger partial charge in [-0.3, -0.25) is 9.69 Å². The summed E-state index contributed by atoms with van der Waals surface area (Å²) in [5.74, 6) is 0.611. The lowest BCUT2D eigenvalue weighted by molar-refractivity contribution is -0.118. The van der Waals surface area contributed by atoms with Gasteiger partial charge in [-0.2, -0.15) is 0 Å². The average molecular weight is 387 g/mol. The van der Waals surface area contributed by atoms with E-state index in [0.717, 1.165) is 22.2 Å². The van der Waals surface area contributed by atoms with E-state index in [-0.39, 0.29) is 5.91 Å². The lowest BCUT2D eigenvalue weighted by Crippen LogP contribution is -2.51. The van der Waals surface area contributed by atoms with E-state index in [9.17, 15) is 4.79 Å². The van der Waals surface area contributed by atoms with Crippen LogP contribution in [-0.4, -0.2) is 36.5 Å². The van der Waals surface area contributed by atoms with Gasteiger partial charge in [0, 0.05) is 16.2 Å². The number of nitrogens with two attached hydrogens (primary N) is 1. The van der Waals surface area contributed by atoms with Gasteiger partial charge in [-0.25, -0.2) is 0 Å². The van der Waals surface area contributed by atoms with E-state index in [2.05, 4.69) is 39.7 Å². The fraction of sp³-hybridized carbons (Fsp3) is 0.533. The molecule has 2 unspecified atom stereocenters. The van der Waals surface area contributed by atoms with Crippen molar-refractivity contribution in [3.63, 3.8) is 0 Å². The monoisotopic (exact) mass is 387 g/mol. The molecule has 4 nitrogen and oxygen atoms in total. The highest BCUT2D eigenvalue weighted by molar-refractivity contribution is 14.1. The summed E-state index contributed by atoms with van der Waals surface area (Å²) in [4.78, 5) is 14.4. The first-order valence-corrected chi connectivity index (χ1v) is 8.18. The van der Waals surface area contributed by atoms with Crippen molar-refractivity contribution in [3.8, 4) is 0 Å². The molecule has 0 aliphatic carbocycles. The molecule has 0 saturated carbocycles. The summed E-state index contributed by atoms with van der Waals surface area (Å²) in [7, 11) is 0.